The van der Waals surface area contributed by atoms with Crippen LogP contribution in [0.2, 0.25) is 0 Å². The third-order valence-electron chi connectivity index (χ3n) is 4.89. The van der Waals surface area contributed by atoms with Crippen LogP contribution in [0, 0.1) is 13.8 Å². The van der Waals surface area contributed by atoms with Crippen LogP contribution in [-0.2, 0) is 7.05 Å². The number of amides is 1. The molecule has 0 unspecified atom stereocenters. The molecule has 0 radical (unpaired) electrons. The molecule has 1 amide bonds. The molecular weight excluding hydrogens is 346 g/mol. The number of anilines is 2. The maximum atomic E-state index is 12.9. The van der Waals surface area contributed by atoms with Crippen molar-refractivity contribution in [3.63, 3.8) is 0 Å². The van der Waals surface area contributed by atoms with Crippen LogP contribution in [0.25, 0.3) is 0 Å². The Morgan fingerprint density at radius 3 is 2.54 bits per heavy atom. The van der Waals surface area contributed by atoms with Gasteiger partial charge in [0.1, 0.15) is 5.69 Å². The zero-order chi connectivity index (χ0) is 18.7. The van der Waals surface area contributed by atoms with Gasteiger partial charge in [0, 0.05) is 25.8 Å². The maximum absolute atomic E-state index is 12.9. The number of aryl methyl sites for hydroxylation is 2. The topological polar surface area (TPSA) is 62.2 Å². The highest BCUT2D eigenvalue weighted by molar-refractivity contribution is 7.80. The summed E-state index contributed by atoms with van der Waals surface area (Å²) in [6.07, 6.45) is 4.94. The molecule has 7 heteroatoms. The highest BCUT2D eigenvalue weighted by atomic mass is 32.1. The first kappa shape index (κ1) is 18.4. The van der Waals surface area contributed by atoms with E-state index in [4.69, 9.17) is 12.2 Å². The summed E-state index contributed by atoms with van der Waals surface area (Å²) in [7, 11) is 1.78. The van der Waals surface area contributed by atoms with Gasteiger partial charge < -0.3 is 15.5 Å². The Labute approximate surface area is 159 Å². The second-order valence-electron chi connectivity index (χ2n) is 6.71. The predicted molar refractivity (Wildman–Crippen MR) is 109 cm³/mol. The quantitative estimate of drug-likeness (QED) is 0.809. The van der Waals surface area contributed by atoms with E-state index in [1.54, 1.807) is 17.9 Å². The number of thiocarbonyl (C=S) groups is 1. The molecule has 2 aromatic rings. The van der Waals surface area contributed by atoms with Crippen molar-refractivity contribution in [2.45, 2.75) is 33.1 Å². The average molecular weight is 372 g/mol. The van der Waals surface area contributed by atoms with Crippen LogP contribution in [0.15, 0.2) is 24.4 Å². The first-order valence-corrected chi connectivity index (χ1v) is 9.33. The normalized spacial score (nSPS) is 14.2. The van der Waals surface area contributed by atoms with E-state index in [2.05, 4.69) is 35.6 Å². The average Bonchev–Trinajstić information content (AvgIpc) is 2.99. The van der Waals surface area contributed by atoms with Crippen molar-refractivity contribution in [1.29, 1.82) is 0 Å². The summed E-state index contributed by atoms with van der Waals surface area (Å²) in [6, 6.07) is 6.04. The van der Waals surface area contributed by atoms with Crippen molar-refractivity contribution in [1.82, 2.24) is 14.7 Å². The van der Waals surface area contributed by atoms with Crippen molar-refractivity contribution in [2.24, 2.45) is 7.05 Å². The lowest BCUT2D eigenvalue weighted by molar-refractivity contribution is 0.0714. The van der Waals surface area contributed by atoms with Gasteiger partial charge in [0.05, 0.1) is 11.9 Å². The second kappa shape index (κ2) is 7.86. The lowest BCUT2D eigenvalue weighted by Gasteiger charge is -2.27. The van der Waals surface area contributed by atoms with Crippen molar-refractivity contribution in [3.05, 3.63) is 41.2 Å². The van der Waals surface area contributed by atoms with E-state index < -0.39 is 0 Å². The molecule has 1 saturated heterocycles. The maximum Gasteiger partial charge on any atom is 0.274 e. The minimum atomic E-state index is 0.00161. The van der Waals surface area contributed by atoms with Crippen LogP contribution in [0.5, 0.6) is 0 Å². The van der Waals surface area contributed by atoms with E-state index in [0.717, 1.165) is 37.2 Å². The molecule has 138 valence electrons. The van der Waals surface area contributed by atoms with Crippen molar-refractivity contribution in [3.8, 4) is 0 Å². The Balaban J connectivity index is 1.75. The third kappa shape index (κ3) is 3.88. The molecule has 0 spiro atoms. The van der Waals surface area contributed by atoms with E-state index in [1.165, 1.54) is 12.0 Å². The van der Waals surface area contributed by atoms with E-state index >= 15 is 0 Å². The van der Waals surface area contributed by atoms with Gasteiger partial charge in [0.2, 0.25) is 0 Å². The van der Waals surface area contributed by atoms with Crippen molar-refractivity contribution in [2.75, 3.05) is 23.7 Å². The number of carbonyl (C=O) groups excluding carboxylic acids is 1. The van der Waals surface area contributed by atoms with Crippen molar-refractivity contribution >= 4 is 34.6 Å². The molecule has 26 heavy (non-hydrogen) atoms. The highest BCUT2D eigenvalue weighted by Crippen LogP contribution is 2.21. The number of benzene rings is 1. The van der Waals surface area contributed by atoms with Gasteiger partial charge in [0.25, 0.3) is 5.91 Å². The Bertz CT molecular complexity index is 823. The van der Waals surface area contributed by atoms with Gasteiger partial charge in [-0.3, -0.25) is 9.48 Å². The number of rotatable bonds is 3. The van der Waals surface area contributed by atoms with Gasteiger partial charge in [0.15, 0.2) is 5.11 Å². The van der Waals surface area contributed by atoms with Crippen LogP contribution >= 0.6 is 12.2 Å². The molecule has 0 saturated carbocycles. The largest absolute Gasteiger partial charge is 0.337 e. The first-order valence-electron chi connectivity index (χ1n) is 8.93. The molecule has 1 fully saturated rings. The number of likely N-dealkylation sites (tertiary alicyclic amines) is 1. The van der Waals surface area contributed by atoms with E-state index in [1.807, 2.05) is 17.0 Å². The zero-order valence-corrected chi connectivity index (χ0v) is 16.3. The summed E-state index contributed by atoms with van der Waals surface area (Å²) in [6.45, 7) is 5.71. The predicted octanol–water partition coefficient (Wildman–Crippen LogP) is 3.47. The fourth-order valence-corrected chi connectivity index (χ4v) is 3.41. The highest BCUT2D eigenvalue weighted by Gasteiger charge is 2.24. The molecule has 1 aliphatic heterocycles. The van der Waals surface area contributed by atoms with Crippen LogP contribution in [0.1, 0.15) is 40.9 Å². The Kier molecular flexibility index (Phi) is 5.56. The molecule has 1 aromatic heterocycles. The van der Waals surface area contributed by atoms with Crippen molar-refractivity contribution < 1.29 is 4.79 Å². The van der Waals surface area contributed by atoms with Gasteiger partial charge in [-0.25, -0.2) is 0 Å². The number of nitrogens with zero attached hydrogens (tertiary/aromatic N) is 3. The summed E-state index contributed by atoms with van der Waals surface area (Å²) < 4.78 is 1.61. The monoisotopic (exact) mass is 371 g/mol. The first-order chi connectivity index (χ1) is 12.5. The van der Waals surface area contributed by atoms with Crippen LogP contribution in [0.4, 0.5) is 11.4 Å². The summed E-state index contributed by atoms with van der Waals surface area (Å²) in [5.74, 6) is 0.00161. The Hall–Kier alpha value is -2.41. The number of hydrogen-bond acceptors (Lipinski definition) is 3. The van der Waals surface area contributed by atoms with Gasteiger partial charge >= 0.3 is 0 Å². The third-order valence-corrected chi connectivity index (χ3v) is 5.09. The molecule has 2 heterocycles. The van der Waals surface area contributed by atoms with Crippen LogP contribution in [0.3, 0.4) is 0 Å². The molecular formula is C19H25N5OS. The standard InChI is InChI=1S/C19H25N5OS/c1-13-8-7-9-15(14(13)2)21-19(26)22-16-12-20-23(3)17(16)18(25)24-10-5-4-6-11-24/h7-9,12H,4-6,10-11H2,1-3H3,(H2,21,22,26). The lowest BCUT2D eigenvalue weighted by Crippen LogP contribution is -2.37. The molecule has 1 aliphatic rings. The van der Waals surface area contributed by atoms with E-state index in [0.29, 0.717) is 16.5 Å². The van der Waals surface area contributed by atoms with Gasteiger partial charge in [-0.2, -0.15) is 5.10 Å². The fourth-order valence-electron chi connectivity index (χ4n) is 3.19. The Morgan fingerprint density at radius 2 is 1.81 bits per heavy atom. The minimum absolute atomic E-state index is 0.00161. The lowest BCUT2D eigenvalue weighted by atomic mass is 10.1. The molecule has 6 nitrogen and oxygen atoms in total. The smallest absolute Gasteiger partial charge is 0.274 e. The number of aromatic nitrogens is 2. The number of carbonyl (C=O) groups is 1. The summed E-state index contributed by atoms with van der Waals surface area (Å²) in [4.78, 5) is 14.8. The summed E-state index contributed by atoms with van der Waals surface area (Å²) >= 11 is 5.45. The number of hydrogen-bond donors (Lipinski definition) is 2. The van der Waals surface area contributed by atoms with E-state index in [9.17, 15) is 4.79 Å². The SMILES string of the molecule is Cc1cccc(NC(=S)Nc2cnn(C)c2C(=O)N2CCCCC2)c1C. The zero-order valence-electron chi connectivity index (χ0n) is 15.5. The molecule has 3 rings (SSSR count). The fraction of sp³-hybridized carbons (Fsp3) is 0.421. The minimum Gasteiger partial charge on any atom is -0.337 e. The Morgan fingerprint density at radius 1 is 1.12 bits per heavy atom. The van der Waals surface area contributed by atoms with Gasteiger partial charge in [-0.15, -0.1) is 0 Å². The molecule has 1 aromatic carbocycles. The molecule has 0 aliphatic carbocycles. The number of nitrogens with one attached hydrogen (secondary N) is 2. The second-order valence-corrected chi connectivity index (χ2v) is 7.12. The van der Waals surface area contributed by atoms with Gasteiger partial charge in [-0.1, -0.05) is 12.1 Å². The van der Waals surface area contributed by atoms with Crippen LogP contribution in [-0.4, -0.2) is 38.8 Å². The molecule has 0 bridgehead atoms. The summed E-state index contributed by atoms with van der Waals surface area (Å²) in [5.41, 5.74) is 4.46. The summed E-state index contributed by atoms with van der Waals surface area (Å²) in [5, 5.41) is 11.0. The molecule has 2 N–H and O–H groups in total. The van der Waals surface area contributed by atoms with Gasteiger partial charge in [-0.05, 0) is 62.5 Å². The van der Waals surface area contributed by atoms with E-state index in [-0.39, 0.29) is 5.91 Å². The van der Waals surface area contributed by atoms with Crippen LogP contribution < -0.4 is 10.6 Å². The number of piperidine rings is 1. The molecule has 0 atom stereocenters.